The lowest BCUT2D eigenvalue weighted by Gasteiger charge is -2.18. The molecule has 1 fully saturated rings. The Kier molecular flexibility index (Phi) is 3.20. The first-order valence-electron chi connectivity index (χ1n) is 4.41. The van der Waals surface area contributed by atoms with Gasteiger partial charge in [0.2, 0.25) is 0 Å². The zero-order valence-corrected chi connectivity index (χ0v) is 6.90. The van der Waals surface area contributed by atoms with Gasteiger partial charge >= 0.3 is 0 Å². The molecule has 1 radical (unpaired) electrons. The summed E-state index contributed by atoms with van der Waals surface area (Å²) in [6.07, 6.45) is 5.62. The molecule has 1 saturated carbocycles. The largest absolute Gasteiger partial charge is 0.314 e. The highest BCUT2D eigenvalue weighted by Gasteiger charge is 2.20. The molecule has 10 heavy (non-hydrogen) atoms. The minimum absolute atomic E-state index is 0.507. The van der Waals surface area contributed by atoms with Gasteiger partial charge in [0.15, 0.2) is 0 Å². The van der Waals surface area contributed by atoms with Crippen molar-refractivity contribution in [2.45, 2.75) is 38.6 Å². The fourth-order valence-electron chi connectivity index (χ4n) is 1.79. The molecule has 0 aliphatic heterocycles. The van der Waals surface area contributed by atoms with Crippen LogP contribution in [0.2, 0.25) is 0 Å². The van der Waals surface area contributed by atoms with Gasteiger partial charge in [-0.25, -0.2) is 0 Å². The molecule has 1 N–H and O–H groups in total. The van der Waals surface area contributed by atoms with E-state index in [9.17, 15) is 0 Å². The molecule has 0 amide bonds. The van der Waals surface area contributed by atoms with Crippen LogP contribution in [0.15, 0.2) is 0 Å². The maximum absolute atomic E-state index is 4.10. The molecule has 1 nitrogen and oxygen atoms in total. The molecule has 0 bridgehead atoms. The second kappa shape index (κ2) is 3.97. The van der Waals surface area contributed by atoms with Crippen LogP contribution in [0.25, 0.3) is 0 Å². The topological polar surface area (TPSA) is 12.0 Å². The van der Waals surface area contributed by atoms with Gasteiger partial charge in [-0.3, -0.25) is 0 Å². The molecule has 0 aromatic carbocycles. The Morgan fingerprint density at radius 2 is 2.10 bits per heavy atom. The van der Waals surface area contributed by atoms with Crippen molar-refractivity contribution in [3.05, 3.63) is 6.92 Å². The van der Waals surface area contributed by atoms with Gasteiger partial charge in [-0.2, -0.15) is 0 Å². The molecular formula is C9H18N. The van der Waals surface area contributed by atoms with E-state index in [1.807, 2.05) is 0 Å². The van der Waals surface area contributed by atoms with Crippen molar-refractivity contribution >= 4 is 0 Å². The first kappa shape index (κ1) is 8.06. The van der Waals surface area contributed by atoms with Crippen LogP contribution in [-0.2, 0) is 0 Å². The lowest BCUT2D eigenvalue weighted by Crippen LogP contribution is -2.32. The van der Waals surface area contributed by atoms with Crippen molar-refractivity contribution in [3.63, 3.8) is 0 Å². The molecule has 0 aromatic heterocycles. The van der Waals surface area contributed by atoms with Crippen molar-refractivity contribution in [1.29, 1.82) is 0 Å². The second-order valence-electron chi connectivity index (χ2n) is 3.21. The number of hydrogen-bond donors (Lipinski definition) is 1. The van der Waals surface area contributed by atoms with Crippen molar-refractivity contribution in [2.24, 2.45) is 5.92 Å². The van der Waals surface area contributed by atoms with Crippen LogP contribution in [0.1, 0.15) is 32.6 Å². The number of hydrogen-bond acceptors (Lipinski definition) is 1. The van der Waals surface area contributed by atoms with Gasteiger partial charge in [-0.05, 0) is 32.2 Å². The van der Waals surface area contributed by atoms with Crippen LogP contribution in [0.5, 0.6) is 0 Å². The van der Waals surface area contributed by atoms with E-state index in [0.717, 1.165) is 12.5 Å². The van der Waals surface area contributed by atoms with Gasteiger partial charge in [0, 0.05) is 6.04 Å². The van der Waals surface area contributed by atoms with E-state index in [2.05, 4.69) is 19.2 Å². The molecule has 0 heterocycles. The minimum atomic E-state index is 0.507. The molecule has 59 valence electrons. The summed E-state index contributed by atoms with van der Waals surface area (Å²) in [5.41, 5.74) is 0. The van der Waals surface area contributed by atoms with Crippen LogP contribution in [0, 0.1) is 12.8 Å². The summed E-state index contributed by atoms with van der Waals surface area (Å²) in [7, 11) is 0. The van der Waals surface area contributed by atoms with Crippen LogP contribution < -0.4 is 5.32 Å². The van der Waals surface area contributed by atoms with Gasteiger partial charge in [-0.1, -0.05) is 19.8 Å². The molecule has 1 aliphatic rings. The Bertz CT molecular complexity index is 84.7. The minimum Gasteiger partial charge on any atom is -0.314 e. The fraction of sp³-hybridized carbons (Fsp3) is 0.889. The van der Waals surface area contributed by atoms with Crippen molar-refractivity contribution in [1.82, 2.24) is 5.32 Å². The zero-order chi connectivity index (χ0) is 7.40. The number of nitrogens with one attached hydrogen (secondary N) is 1. The molecule has 1 aliphatic carbocycles. The summed E-state index contributed by atoms with van der Waals surface area (Å²) in [6.45, 7) is 7.30. The molecule has 0 aromatic rings. The third-order valence-electron chi connectivity index (χ3n) is 2.44. The summed E-state index contributed by atoms with van der Waals surface area (Å²) in [4.78, 5) is 0. The predicted molar refractivity (Wildman–Crippen MR) is 44.8 cm³/mol. The number of rotatable bonds is 3. The van der Waals surface area contributed by atoms with E-state index in [0.29, 0.717) is 6.04 Å². The maximum Gasteiger partial charge on any atom is 0.00957 e. The SMILES string of the molecule is [CH2]C(NCC)C1CCCC1. The van der Waals surface area contributed by atoms with E-state index in [4.69, 9.17) is 0 Å². The van der Waals surface area contributed by atoms with Gasteiger partial charge in [0.25, 0.3) is 0 Å². The van der Waals surface area contributed by atoms with Crippen LogP contribution in [0.3, 0.4) is 0 Å². The Balaban J connectivity index is 2.18. The monoisotopic (exact) mass is 140 g/mol. The van der Waals surface area contributed by atoms with Gasteiger partial charge in [-0.15, -0.1) is 0 Å². The highest BCUT2D eigenvalue weighted by atomic mass is 14.9. The third kappa shape index (κ3) is 1.98. The normalized spacial score (nSPS) is 23.4. The average Bonchev–Trinajstić information content (AvgIpc) is 2.38. The second-order valence-corrected chi connectivity index (χ2v) is 3.21. The summed E-state index contributed by atoms with van der Waals surface area (Å²) >= 11 is 0. The zero-order valence-electron chi connectivity index (χ0n) is 6.90. The molecule has 1 heteroatoms. The van der Waals surface area contributed by atoms with Crippen LogP contribution in [-0.4, -0.2) is 12.6 Å². The standard InChI is InChI=1S/C9H18N/c1-3-10-8(2)9-6-4-5-7-9/h8-10H,2-7H2,1H3. The molecule has 1 atom stereocenters. The molecular weight excluding hydrogens is 122 g/mol. The smallest absolute Gasteiger partial charge is 0.00957 e. The molecule has 1 unspecified atom stereocenters. The van der Waals surface area contributed by atoms with Crippen molar-refractivity contribution < 1.29 is 0 Å². The highest BCUT2D eigenvalue weighted by Crippen LogP contribution is 2.27. The Morgan fingerprint density at radius 3 is 2.60 bits per heavy atom. The average molecular weight is 140 g/mol. The van der Waals surface area contributed by atoms with E-state index in [1.54, 1.807) is 0 Å². The predicted octanol–water partition coefficient (Wildman–Crippen LogP) is 1.99. The Morgan fingerprint density at radius 1 is 1.50 bits per heavy atom. The lowest BCUT2D eigenvalue weighted by molar-refractivity contribution is 0.419. The van der Waals surface area contributed by atoms with Crippen molar-refractivity contribution in [3.8, 4) is 0 Å². The summed E-state index contributed by atoms with van der Waals surface area (Å²) < 4.78 is 0. The maximum atomic E-state index is 4.10. The fourth-order valence-corrected chi connectivity index (χ4v) is 1.79. The quantitative estimate of drug-likeness (QED) is 0.632. The van der Waals surface area contributed by atoms with Crippen LogP contribution in [0.4, 0.5) is 0 Å². The van der Waals surface area contributed by atoms with Crippen molar-refractivity contribution in [2.75, 3.05) is 6.54 Å². The Labute approximate surface area is 64.2 Å². The molecule has 1 rings (SSSR count). The Hall–Kier alpha value is -0.0400. The van der Waals surface area contributed by atoms with E-state index >= 15 is 0 Å². The van der Waals surface area contributed by atoms with Gasteiger partial charge in [0.1, 0.15) is 0 Å². The van der Waals surface area contributed by atoms with Gasteiger partial charge in [0.05, 0.1) is 0 Å². The first-order valence-corrected chi connectivity index (χ1v) is 4.41. The van der Waals surface area contributed by atoms with E-state index < -0.39 is 0 Å². The summed E-state index contributed by atoms with van der Waals surface area (Å²) in [6, 6.07) is 0.507. The van der Waals surface area contributed by atoms with E-state index in [1.165, 1.54) is 25.7 Å². The third-order valence-corrected chi connectivity index (χ3v) is 2.44. The molecule has 0 spiro atoms. The lowest BCUT2D eigenvalue weighted by atomic mass is 10.00. The highest BCUT2D eigenvalue weighted by molar-refractivity contribution is 4.81. The van der Waals surface area contributed by atoms with Crippen LogP contribution >= 0.6 is 0 Å². The molecule has 0 saturated heterocycles. The van der Waals surface area contributed by atoms with Gasteiger partial charge < -0.3 is 5.32 Å². The summed E-state index contributed by atoms with van der Waals surface area (Å²) in [5.74, 6) is 0.861. The first-order chi connectivity index (χ1) is 4.84. The summed E-state index contributed by atoms with van der Waals surface area (Å²) in [5, 5.41) is 3.38. The van der Waals surface area contributed by atoms with E-state index in [-0.39, 0.29) is 0 Å².